The second-order valence-corrected chi connectivity index (χ2v) is 8.16. The summed E-state index contributed by atoms with van der Waals surface area (Å²) < 4.78 is 7.74. The van der Waals surface area contributed by atoms with Crippen LogP contribution in [-0.4, -0.2) is 40.2 Å². The minimum absolute atomic E-state index is 0.0123. The van der Waals surface area contributed by atoms with Gasteiger partial charge in [0.25, 0.3) is 0 Å². The predicted octanol–water partition coefficient (Wildman–Crippen LogP) is 3.81. The summed E-state index contributed by atoms with van der Waals surface area (Å²) >= 11 is 0. The van der Waals surface area contributed by atoms with Crippen LogP contribution in [0.1, 0.15) is 18.6 Å². The van der Waals surface area contributed by atoms with Gasteiger partial charge in [0.05, 0.1) is 18.3 Å². The summed E-state index contributed by atoms with van der Waals surface area (Å²) in [7, 11) is 0. The zero-order valence-electron chi connectivity index (χ0n) is 17.0. The molecule has 2 aromatic heterocycles. The Balaban J connectivity index is 1.14. The maximum atomic E-state index is 12.5. The molecule has 1 amide bonds. The first-order valence-corrected chi connectivity index (χ1v) is 10.6. The molecule has 0 bridgehead atoms. The molecule has 30 heavy (non-hydrogen) atoms. The number of hydrogen-bond donors (Lipinski definition) is 1. The summed E-state index contributed by atoms with van der Waals surface area (Å²) in [6, 6.07) is 18.2. The van der Waals surface area contributed by atoms with Crippen molar-refractivity contribution in [3.8, 4) is 0 Å². The molecule has 0 aliphatic carbocycles. The molecule has 1 aliphatic rings. The van der Waals surface area contributed by atoms with Crippen LogP contribution in [0.5, 0.6) is 0 Å². The monoisotopic (exact) mass is 402 g/mol. The highest BCUT2D eigenvalue weighted by atomic mass is 16.3. The fourth-order valence-corrected chi connectivity index (χ4v) is 4.40. The zero-order chi connectivity index (χ0) is 20.3. The van der Waals surface area contributed by atoms with Crippen LogP contribution in [0, 0.1) is 5.92 Å². The molecule has 1 saturated heterocycles. The van der Waals surface area contributed by atoms with Gasteiger partial charge in [-0.05, 0) is 43.5 Å². The number of piperidine rings is 1. The van der Waals surface area contributed by atoms with Crippen molar-refractivity contribution in [2.45, 2.75) is 25.9 Å². The first-order chi connectivity index (χ1) is 14.7. The Kier molecular flexibility index (Phi) is 5.24. The van der Waals surface area contributed by atoms with Gasteiger partial charge in [-0.25, -0.2) is 0 Å². The molecule has 6 nitrogen and oxygen atoms in total. The lowest BCUT2D eigenvalue weighted by Crippen LogP contribution is -2.41. The summed E-state index contributed by atoms with van der Waals surface area (Å²) in [6.07, 6.45) is 4.09. The predicted molar refractivity (Wildman–Crippen MR) is 117 cm³/mol. The molecule has 0 radical (unpaired) electrons. The quantitative estimate of drug-likeness (QED) is 0.533. The third-order valence-corrected chi connectivity index (χ3v) is 5.89. The van der Waals surface area contributed by atoms with Crippen molar-refractivity contribution >= 4 is 27.8 Å². The zero-order valence-corrected chi connectivity index (χ0v) is 17.0. The van der Waals surface area contributed by atoms with Gasteiger partial charge in [-0.3, -0.25) is 14.4 Å². The first-order valence-electron chi connectivity index (χ1n) is 10.6. The number of aromatic nitrogens is 2. The normalized spacial score (nSPS) is 17.5. The van der Waals surface area contributed by atoms with E-state index in [1.54, 1.807) is 10.9 Å². The van der Waals surface area contributed by atoms with E-state index in [1.165, 1.54) is 0 Å². The summed E-state index contributed by atoms with van der Waals surface area (Å²) in [4.78, 5) is 14.9. The Morgan fingerprint density at radius 2 is 1.97 bits per heavy atom. The van der Waals surface area contributed by atoms with E-state index in [2.05, 4.69) is 27.4 Å². The Morgan fingerprint density at radius 1 is 1.13 bits per heavy atom. The number of amides is 1. The van der Waals surface area contributed by atoms with E-state index >= 15 is 0 Å². The molecule has 0 saturated carbocycles. The molecule has 5 rings (SSSR count). The molecule has 6 heteroatoms. The van der Waals surface area contributed by atoms with Crippen LogP contribution in [0.15, 0.2) is 65.2 Å². The molecule has 1 unspecified atom stereocenters. The highest BCUT2D eigenvalue weighted by molar-refractivity contribution is 5.82. The summed E-state index contributed by atoms with van der Waals surface area (Å²) in [5.41, 5.74) is 1.93. The number of nitrogens with one attached hydrogen (secondary N) is 1. The molecule has 1 aliphatic heterocycles. The summed E-state index contributed by atoms with van der Waals surface area (Å²) in [5, 5.41) is 9.66. The van der Waals surface area contributed by atoms with E-state index in [9.17, 15) is 4.79 Å². The molecule has 3 heterocycles. The van der Waals surface area contributed by atoms with Gasteiger partial charge < -0.3 is 9.73 Å². The Morgan fingerprint density at radius 3 is 2.87 bits per heavy atom. The van der Waals surface area contributed by atoms with Crippen molar-refractivity contribution in [3.63, 3.8) is 0 Å². The highest BCUT2D eigenvalue weighted by Crippen LogP contribution is 2.23. The second kappa shape index (κ2) is 8.32. The molecule has 1 N–H and O–H groups in total. The van der Waals surface area contributed by atoms with Gasteiger partial charge in [-0.15, -0.1) is 0 Å². The summed E-state index contributed by atoms with van der Waals surface area (Å²) in [5.74, 6) is 1.48. The van der Waals surface area contributed by atoms with Crippen LogP contribution in [-0.2, 0) is 17.9 Å². The van der Waals surface area contributed by atoms with Crippen LogP contribution < -0.4 is 5.32 Å². The fraction of sp³-hybridized carbons (Fsp3) is 0.333. The summed E-state index contributed by atoms with van der Waals surface area (Å²) in [6.45, 7) is 3.82. The largest absolute Gasteiger partial charge is 0.460 e. The van der Waals surface area contributed by atoms with E-state index in [1.807, 2.05) is 42.5 Å². The van der Waals surface area contributed by atoms with Gasteiger partial charge in [0.15, 0.2) is 0 Å². The number of hydrogen-bond acceptors (Lipinski definition) is 4. The van der Waals surface area contributed by atoms with Crippen LogP contribution in [0.3, 0.4) is 0 Å². The third kappa shape index (κ3) is 4.09. The van der Waals surface area contributed by atoms with Crippen molar-refractivity contribution in [2.75, 3.05) is 19.6 Å². The first kappa shape index (κ1) is 18.9. The SMILES string of the molecule is O=C(Cn1ncc2ccccc21)NCC1CCCN(Cc2cc3ccccc3o2)C1. The smallest absolute Gasteiger partial charge is 0.241 e. The van der Waals surface area contributed by atoms with Crippen LogP contribution in [0.2, 0.25) is 0 Å². The number of nitrogens with zero attached hydrogens (tertiary/aromatic N) is 3. The standard InChI is InChI=1S/C24H26N4O2/c29-24(17-28-22-9-3-1-8-20(22)14-26-28)25-13-18-6-5-11-27(15-18)16-21-12-19-7-2-4-10-23(19)30-21/h1-4,7-10,12,14,18H,5-6,11,13,15-17H2,(H,25,29). The number of likely N-dealkylation sites (tertiary alicyclic amines) is 1. The minimum atomic E-state index is 0.0123. The number of carbonyl (C=O) groups is 1. The van der Waals surface area contributed by atoms with Crippen LogP contribution >= 0.6 is 0 Å². The average molecular weight is 402 g/mol. The van der Waals surface area contributed by atoms with Gasteiger partial charge in [-0.1, -0.05) is 36.4 Å². The molecule has 4 aromatic rings. The maximum Gasteiger partial charge on any atom is 0.241 e. The van der Waals surface area contributed by atoms with E-state index in [-0.39, 0.29) is 12.5 Å². The van der Waals surface area contributed by atoms with E-state index in [4.69, 9.17) is 4.42 Å². The van der Waals surface area contributed by atoms with E-state index in [0.29, 0.717) is 12.5 Å². The van der Waals surface area contributed by atoms with E-state index in [0.717, 1.165) is 60.1 Å². The average Bonchev–Trinajstić information content (AvgIpc) is 3.36. The third-order valence-electron chi connectivity index (χ3n) is 5.89. The molecule has 1 fully saturated rings. The Hall–Kier alpha value is -3.12. The van der Waals surface area contributed by atoms with Gasteiger partial charge in [0.2, 0.25) is 5.91 Å². The Labute approximate surface area is 175 Å². The number of benzene rings is 2. The molecule has 154 valence electrons. The second-order valence-electron chi connectivity index (χ2n) is 8.16. The van der Waals surface area contributed by atoms with Crippen molar-refractivity contribution in [1.29, 1.82) is 0 Å². The number of furan rings is 1. The molecule has 0 spiro atoms. The van der Waals surface area contributed by atoms with E-state index < -0.39 is 0 Å². The lowest BCUT2D eigenvalue weighted by molar-refractivity contribution is -0.122. The van der Waals surface area contributed by atoms with Gasteiger partial charge in [-0.2, -0.15) is 5.10 Å². The number of carbonyl (C=O) groups excluding carboxylic acids is 1. The van der Waals surface area contributed by atoms with Gasteiger partial charge >= 0.3 is 0 Å². The molecular formula is C24H26N4O2. The fourth-order valence-electron chi connectivity index (χ4n) is 4.40. The van der Waals surface area contributed by atoms with Crippen molar-refractivity contribution in [3.05, 3.63) is 66.6 Å². The molecule has 2 aromatic carbocycles. The Bertz CT molecular complexity index is 1130. The molecule has 1 atom stereocenters. The van der Waals surface area contributed by atoms with Gasteiger partial charge in [0.1, 0.15) is 17.9 Å². The minimum Gasteiger partial charge on any atom is -0.460 e. The maximum absolute atomic E-state index is 12.5. The molecular weight excluding hydrogens is 376 g/mol. The van der Waals surface area contributed by atoms with Crippen LogP contribution in [0.25, 0.3) is 21.9 Å². The number of rotatable bonds is 6. The number of fused-ring (bicyclic) bond motifs is 2. The van der Waals surface area contributed by atoms with Crippen LogP contribution in [0.4, 0.5) is 0 Å². The van der Waals surface area contributed by atoms with Gasteiger partial charge in [0, 0.05) is 23.9 Å². The van der Waals surface area contributed by atoms with Crippen molar-refractivity contribution < 1.29 is 9.21 Å². The van der Waals surface area contributed by atoms with Crippen molar-refractivity contribution in [1.82, 2.24) is 20.0 Å². The lowest BCUT2D eigenvalue weighted by atomic mass is 9.98. The highest BCUT2D eigenvalue weighted by Gasteiger charge is 2.21. The topological polar surface area (TPSA) is 63.3 Å². The van der Waals surface area contributed by atoms with Crippen molar-refractivity contribution in [2.24, 2.45) is 5.92 Å². The lowest BCUT2D eigenvalue weighted by Gasteiger charge is -2.32. The number of para-hydroxylation sites is 2.